The number of methoxy groups -OCH3 is 2. The lowest BCUT2D eigenvalue weighted by molar-refractivity contribution is -0.143. The fourth-order valence-corrected chi connectivity index (χ4v) is 5.73. The summed E-state index contributed by atoms with van der Waals surface area (Å²) in [7, 11) is 2.68. The summed E-state index contributed by atoms with van der Waals surface area (Å²) < 4.78 is 15.9. The van der Waals surface area contributed by atoms with Crippen molar-refractivity contribution in [3.05, 3.63) is 105 Å². The molecule has 0 bridgehead atoms. The molecule has 0 aliphatic carbocycles. The smallest absolute Gasteiger partial charge is 0.328 e. The van der Waals surface area contributed by atoms with Crippen molar-refractivity contribution in [2.45, 2.75) is 52.1 Å². The van der Waals surface area contributed by atoms with E-state index in [1.807, 2.05) is 39.0 Å². The van der Waals surface area contributed by atoms with Gasteiger partial charge in [0.15, 0.2) is 0 Å². The predicted molar refractivity (Wildman–Crippen MR) is 191 cm³/mol. The number of aryl methyl sites for hydroxylation is 1. The van der Waals surface area contributed by atoms with Gasteiger partial charge in [-0.2, -0.15) is 0 Å². The number of para-hydroxylation sites is 1. The van der Waals surface area contributed by atoms with E-state index in [-0.39, 0.29) is 46.0 Å². The number of amides is 4. The number of hydrogen-bond donors (Lipinski definition) is 4. The predicted octanol–water partition coefficient (Wildman–Crippen LogP) is 6.90. The van der Waals surface area contributed by atoms with E-state index in [1.54, 1.807) is 36.4 Å². The van der Waals surface area contributed by atoms with Crippen molar-refractivity contribution < 1.29 is 33.2 Å². The van der Waals surface area contributed by atoms with Crippen molar-refractivity contribution in [3.8, 4) is 5.75 Å². The monoisotopic (exact) mass is 723 g/mol. The summed E-state index contributed by atoms with van der Waals surface area (Å²) in [6.07, 6.45) is 0.480. The Morgan fingerprint density at radius 3 is 2.24 bits per heavy atom. The van der Waals surface area contributed by atoms with E-state index in [9.17, 15) is 19.2 Å². The van der Waals surface area contributed by atoms with Crippen LogP contribution in [0.4, 0.5) is 16.2 Å². The first-order valence-electron chi connectivity index (χ1n) is 15.8. The van der Waals surface area contributed by atoms with Crippen LogP contribution in [0.15, 0.2) is 71.3 Å². The number of nitrogens with zero attached hydrogens (tertiary/aromatic N) is 1. The molecule has 2 unspecified atom stereocenters. The minimum Gasteiger partial charge on any atom is -0.495 e. The van der Waals surface area contributed by atoms with Gasteiger partial charge in [-0.15, -0.1) is 0 Å². The highest BCUT2D eigenvalue weighted by molar-refractivity contribution is 6.39. The van der Waals surface area contributed by atoms with E-state index in [4.69, 9.17) is 37.2 Å². The van der Waals surface area contributed by atoms with Crippen LogP contribution in [-0.2, 0) is 27.2 Å². The molecule has 14 heteroatoms. The third kappa shape index (κ3) is 10.2. The molecule has 4 amide bonds. The Labute approximate surface area is 300 Å². The molecule has 4 N–H and O–H groups in total. The van der Waals surface area contributed by atoms with Gasteiger partial charge in [-0.25, -0.2) is 9.59 Å². The highest BCUT2D eigenvalue weighted by Gasteiger charge is 2.28. The van der Waals surface area contributed by atoms with Crippen LogP contribution < -0.4 is 26.0 Å². The summed E-state index contributed by atoms with van der Waals surface area (Å²) >= 11 is 12.3. The standard InChI is InChI=1S/C36H39Cl2N5O7/c1-20(2)15-28(29-18-23(50-43-29)19-30(35(46)49-5)40-34(45)33-24(37)10-8-11-25(33)38)39-32(44)17-22-13-14-27(31(16-22)48-4)42-36(47)41-26-12-7-6-9-21(26)3/h6-14,16,18,20,28,30H,15,17,19H2,1-5H3,(H,39,44)(H,40,45)(H2,41,42,47). The lowest BCUT2D eigenvalue weighted by atomic mass is 10.00. The molecule has 2 atom stereocenters. The number of aromatic nitrogens is 1. The molecule has 12 nitrogen and oxygen atoms in total. The number of nitrogens with one attached hydrogen (secondary N) is 4. The lowest BCUT2D eigenvalue weighted by Crippen LogP contribution is -2.43. The number of hydrogen-bond acceptors (Lipinski definition) is 8. The Bertz CT molecular complexity index is 1820. The maximum Gasteiger partial charge on any atom is 0.328 e. The number of ether oxygens (including phenoxy) is 2. The lowest BCUT2D eigenvalue weighted by Gasteiger charge is -2.19. The van der Waals surface area contributed by atoms with E-state index in [0.717, 1.165) is 5.56 Å². The molecule has 0 aliphatic heterocycles. The van der Waals surface area contributed by atoms with Gasteiger partial charge in [-0.05, 0) is 60.7 Å². The third-order valence-electron chi connectivity index (χ3n) is 7.63. The molecule has 264 valence electrons. The van der Waals surface area contributed by atoms with Gasteiger partial charge in [0, 0.05) is 18.2 Å². The van der Waals surface area contributed by atoms with Gasteiger partial charge in [-0.1, -0.05) is 72.5 Å². The summed E-state index contributed by atoms with van der Waals surface area (Å²) in [6.45, 7) is 5.91. The van der Waals surface area contributed by atoms with Gasteiger partial charge in [0.25, 0.3) is 5.91 Å². The number of benzene rings is 3. The van der Waals surface area contributed by atoms with Gasteiger partial charge in [-0.3, -0.25) is 9.59 Å². The summed E-state index contributed by atoms with van der Waals surface area (Å²) in [4.78, 5) is 51.5. The molecule has 0 radical (unpaired) electrons. The van der Waals surface area contributed by atoms with Crippen molar-refractivity contribution in [3.63, 3.8) is 0 Å². The maximum absolute atomic E-state index is 13.3. The zero-order chi connectivity index (χ0) is 36.4. The first-order chi connectivity index (χ1) is 23.9. The number of rotatable bonds is 14. The SMILES string of the molecule is COC(=O)C(Cc1cc(C(CC(C)C)NC(=O)Cc2ccc(NC(=O)Nc3ccccc3C)c(OC)c2)no1)NC(=O)c1c(Cl)cccc1Cl. The Balaban J connectivity index is 1.42. The first kappa shape index (κ1) is 37.7. The van der Waals surface area contributed by atoms with Crippen molar-refractivity contribution in [1.29, 1.82) is 0 Å². The molecular formula is C36H39Cl2N5O7. The fourth-order valence-electron chi connectivity index (χ4n) is 5.16. The molecule has 0 saturated heterocycles. The Hall–Kier alpha value is -5.07. The molecule has 4 aromatic rings. The summed E-state index contributed by atoms with van der Waals surface area (Å²) in [5.41, 5.74) is 3.16. The number of urea groups is 1. The maximum atomic E-state index is 13.3. The Morgan fingerprint density at radius 1 is 0.880 bits per heavy atom. The van der Waals surface area contributed by atoms with E-state index < -0.39 is 30.0 Å². The number of carbonyl (C=O) groups is 4. The van der Waals surface area contributed by atoms with Crippen molar-refractivity contribution in [1.82, 2.24) is 15.8 Å². The molecular weight excluding hydrogens is 685 g/mol. The van der Waals surface area contributed by atoms with Crippen LogP contribution in [0.25, 0.3) is 0 Å². The van der Waals surface area contributed by atoms with Crippen LogP contribution in [0.3, 0.4) is 0 Å². The second-order valence-electron chi connectivity index (χ2n) is 11.9. The van der Waals surface area contributed by atoms with Gasteiger partial charge in [0.2, 0.25) is 5.91 Å². The molecule has 0 spiro atoms. The molecule has 0 aliphatic rings. The third-order valence-corrected chi connectivity index (χ3v) is 8.26. The average Bonchev–Trinajstić information content (AvgIpc) is 3.53. The quantitative estimate of drug-likeness (QED) is 0.102. The number of esters is 1. The van der Waals surface area contributed by atoms with Crippen LogP contribution in [0.5, 0.6) is 5.75 Å². The van der Waals surface area contributed by atoms with E-state index >= 15 is 0 Å². The van der Waals surface area contributed by atoms with Crippen LogP contribution in [0.2, 0.25) is 10.0 Å². The van der Waals surface area contributed by atoms with Crippen molar-refractivity contribution >= 4 is 58.4 Å². The normalized spacial score (nSPS) is 12.1. The van der Waals surface area contributed by atoms with E-state index in [0.29, 0.717) is 34.8 Å². The Morgan fingerprint density at radius 2 is 1.58 bits per heavy atom. The van der Waals surface area contributed by atoms with E-state index in [2.05, 4.69) is 26.4 Å². The number of carbonyl (C=O) groups excluding carboxylic acids is 4. The topological polar surface area (TPSA) is 161 Å². The molecule has 50 heavy (non-hydrogen) atoms. The average molecular weight is 725 g/mol. The summed E-state index contributed by atoms with van der Waals surface area (Å²) in [5.74, 6) is -0.806. The Kier molecular flexibility index (Phi) is 13.2. The van der Waals surface area contributed by atoms with Crippen LogP contribution >= 0.6 is 23.2 Å². The molecule has 0 fully saturated rings. The van der Waals surface area contributed by atoms with Crippen molar-refractivity contribution in [2.24, 2.45) is 5.92 Å². The molecule has 0 saturated carbocycles. The van der Waals surface area contributed by atoms with Crippen LogP contribution in [0.1, 0.15) is 59.2 Å². The first-order valence-corrected chi connectivity index (χ1v) is 16.5. The largest absolute Gasteiger partial charge is 0.495 e. The minimum absolute atomic E-state index is 0.0202. The highest BCUT2D eigenvalue weighted by atomic mass is 35.5. The van der Waals surface area contributed by atoms with Crippen LogP contribution in [-0.4, -0.2) is 49.2 Å². The summed E-state index contributed by atoms with van der Waals surface area (Å²) in [5, 5.41) is 15.7. The highest BCUT2D eigenvalue weighted by Crippen LogP contribution is 2.28. The second kappa shape index (κ2) is 17.5. The number of anilines is 2. The van der Waals surface area contributed by atoms with Gasteiger partial charge < -0.3 is 35.3 Å². The molecule has 3 aromatic carbocycles. The second-order valence-corrected chi connectivity index (χ2v) is 12.7. The zero-order valence-corrected chi connectivity index (χ0v) is 29.8. The molecule has 1 heterocycles. The minimum atomic E-state index is -1.14. The van der Waals surface area contributed by atoms with Crippen molar-refractivity contribution in [2.75, 3.05) is 24.9 Å². The van der Waals surface area contributed by atoms with Gasteiger partial charge >= 0.3 is 12.0 Å². The van der Waals surface area contributed by atoms with Gasteiger partial charge in [0.05, 0.1) is 48.0 Å². The molecule has 1 aromatic heterocycles. The van der Waals surface area contributed by atoms with Gasteiger partial charge in [0.1, 0.15) is 23.2 Å². The molecule has 4 rings (SSSR count). The fraction of sp³-hybridized carbons (Fsp3) is 0.306. The number of halogens is 2. The summed E-state index contributed by atoms with van der Waals surface area (Å²) in [6, 6.07) is 16.7. The van der Waals surface area contributed by atoms with Crippen LogP contribution in [0, 0.1) is 12.8 Å². The van der Waals surface area contributed by atoms with E-state index in [1.165, 1.54) is 26.4 Å². The zero-order valence-electron chi connectivity index (χ0n) is 28.3.